The maximum absolute atomic E-state index is 14.1. The SMILES string of the molecule is C=C(C[C@]1(O)CS[C@@H]2[C@H](NC(=O)Cc3ccccc3)C(=O)N2[C@H]1C(=O)OC(c1ccccc1)c1ccccc1)C(=O)OC. The van der Waals surface area contributed by atoms with Crippen LogP contribution in [0.4, 0.5) is 0 Å². The number of thioether (sulfide) groups is 1. The molecule has 0 spiro atoms. The van der Waals surface area contributed by atoms with Crippen LogP contribution < -0.4 is 5.32 Å². The molecule has 5 rings (SSSR count). The van der Waals surface area contributed by atoms with Gasteiger partial charge in [-0.25, -0.2) is 9.59 Å². The normalized spacial score (nSPS) is 22.6. The highest BCUT2D eigenvalue weighted by Gasteiger charge is 2.63. The molecule has 43 heavy (non-hydrogen) atoms. The Hall–Kier alpha value is -4.41. The quantitative estimate of drug-likeness (QED) is 0.207. The Morgan fingerprint density at radius 2 is 1.56 bits per heavy atom. The van der Waals surface area contributed by atoms with Gasteiger partial charge in [0.2, 0.25) is 11.8 Å². The van der Waals surface area contributed by atoms with Gasteiger partial charge in [0.05, 0.1) is 13.5 Å². The Balaban J connectivity index is 1.42. The van der Waals surface area contributed by atoms with Crippen LogP contribution in [-0.2, 0) is 35.1 Å². The number of methoxy groups -OCH3 is 1. The van der Waals surface area contributed by atoms with Gasteiger partial charge in [-0.1, -0.05) is 97.6 Å². The molecule has 222 valence electrons. The molecule has 0 radical (unpaired) electrons. The fourth-order valence-corrected chi connectivity index (χ4v) is 6.96. The highest BCUT2D eigenvalue weighted by Crippen LogP contribution is 2.45. The number of β-lactam (4-membered cyclic amide) rings is 1. The van der Waals surface area contributed by atoms with E-state index < -0.39 is 47.0 Å². The molecular formula is C33H32N2O7S. The third-order valence-electron chi connectivity index (χ3n) is 7.55. The van der Waals surface area contributed by atoms with E-state index in [0.717, 1.165) is 5.56 Å². The van der Waals surface area contributed by atoms with Crippen molar-refractivity contribution in [2.75, 3.05) is 12.9 Å². The summed E-state index contributed by atoms with van der Waals surface area (Å²) in [4.78, 5) is 53.9. The van der Waals surface area contributed by atoms with Gasteiger partial charge < -0.3 is 24.8 Å². The first-order valence-corrected chi connectivity index (χ1v) is 14.8. The number of nitrogens with zero attached hydrogens (tertiary/aromatic N) is 1. The first-order valence-electron chi connectivity index (χ1n) is 13.8. The second kappa shape index (κ2) is 12.8. The maximum atomic E-state index is 14.1. The smallest absolute Gasteiger partial charge is 0.333 e. The molecule has 3 aromatic carbocycles. The van der Waals surface area contributed by atoms with E-state index in [1.54, 1.807) is 0 Å². The molecule has 2 N–H and O–H groups in total. The van der Waals surface area contributed by atoms with Gasteiger partial charge in [0.1, 0.15) is 17.0 Å². The van der Waals surface area contributed by atoms with Gasteiger partial charge in [-0.05, 0) is 16.7 Å². The topological polar surface area (TPSA) is 122 Å². The molecule has 3 aromatic rings. The molecule has 2 amide bonds. The van der Waals surface area contributed by atoms with E-state index in [9.17, 15) is 24.3 Å². The molecular weight excluding hydrogens is 568 g/mol. The van der Waals surface area contributed by atoms with Crippen molar-refractivity contribution in [2.45, 2.75) is 42.0 Å². The average molecular weight is 601 g/mol. The number of benzene rings is 3. The Morgan fingerprint density at radius 1 is 1.00 bits per heavy atom. The lowest BCUT2D eigenvalue weighted by atomic mass is 9.84. The van der Waals surface area contributed by atoms with Crippen LogP contribution in [0.15, 0.2) is 103 Å². The summed E-state index contributed by atoms with van der Waals surface area (Å²) in [5, 5.41) is 14.1. The molecule has 0 unspecified atom stereocenters. The monoisotopic (exact) mass is 600 g/mol. The van der Waals surface area contributed by atoms with Crippen LogP contribution in [0.2, 0.25) is 0 Å². The van der Waals surface area contributed by atoms with Crippen molar-refractivity contribution in [3.8, 4) is 0 Å². The van der Waals surface area contributed by atoms with E-state index in [1.165, 1.54) is 23.8 Å². The molecule has 0 saturated carbocycles. The summed E-state index contributed by atoms with van der Waals surface area (Å²) >= 11 is 1.21. The zero-order chi connectivity index (χ0) is 30.6. The molecule has 4 atom stereocenters. The first-order chi connectivity index (χ1) is 20.7. The first kappa shape index (κ1) is 30.1. The van der Waals surface area contributed by atoms with Crippen molar-refractivity contribution >= 4 is 35.5 Å². The van der Waals surface area contributed by atoms with E-state index >= 15 is 0 Å². The third kappa shape index (κ3) is 6.35. The summed E-state index contributed by atoms with van der Waals surface area (Å²) in [5.74, 6) is -2.47. The molecule has 2 saturated heterocycles. The van der Waals surface area contributed by atoms with Gasteiger partial charge in [-0.15, -0.1) is 11.8 Å². The second-order valence-corrected chi connectivity index (χ2v) is 11.7. The fraction of sp³-hybridized carbons (Fsp3) is 0.273. The fourth-order valence-electron chi connectivity index (χ4n) is 5.47. The number of rotatable bonds is 10. The molecule has 2 fully saturated rings. The van der Waals surface area contributed by atoms with E-state index in [1.807, 2.05) is 91.0 Å². The van der Waals surface area contributed by atoms with E-state index in [4.69, 9.17) is 9.47 Å². The largest absolute Gasteiger partial charge is 0.466 e. The number of hydrogen-bond acceptors (Lipinski definition) is 8. The Morgan fingerprint density at radius 3 is 2.12 bits per heavy atom. The van der Waals surface area contributed by atoms with Gasteiger partial charge in [0, 0.05) is 17.7 Å². The minimum absolute atomic E-state index is 0.0242. The predicted molar refractivity (Wildman–Crippen MR) is 160 cm³/mol. The van der Waals surface area contributed by atoms with Crippen molar-refractivity contribution in [1.82, 2.24) is 10.2 Å². The van der Waals surface area contributed by atoms with Crippen LogP contribution in [0.1, 0.15) is 29.2 Å². The van der Waals surface area contributed by atoms with Crippen molar-refractivity contribution in [3.05, 3.63) is 120 Å². The number of ether oxygens (including phenoxy) is 2. The van der Waals surface area contributed by atoms with Crippen LogP contribution in [0, 0.1) is 0 Å². The Kier molecular flexibility index (Phi) is 8.98. The van der Waals surface area contributed by atoms with Gasteiger partial charge in [-0.2, -0.15) is 0 Å². The standard InChI is InChI=1S/C33H32N2O7S/c1-21(31(38)41-2)19-33(40)20-43-30-26(34-25(36)18-22-12-6-3-7-13-22)29(37)35(30)28(33)32(39)42-27(23-14-8-4-9-15-23)24-16-10-5-11-17-24/h3-17,26-28,30,40H,1,18-20H2,2H3,(H,34,36)/t26-,28+,30-,33+/m1/s1. The van der Waals surface area contributed by atoms with Crippen molar-refractivity contribution in [1.29, 1.82) is 0 Å². The Bertz CT molecular complexity index is 1460. The van der Waals surface area contributed by atoms with Gasteiger partial charge in [0.25, 0.3) is 0 Å². The highest BCUT2D eigenvalue weighted by atomic mass is 32.2. The van der Waals surface area contributed by atoms with Gasteiger partial charge in [0.15, 0.2) is 12.1 Å². The number of amides is 2. The zero-order valence-corrected chi connectivity index (χ0v) is 24.4. The summed E-state index contributed by atoms with van der Waals surface area (Å²) < 4.78 is 10.9. The number of fused-ring (bicyclic) bond motifs is 1. The highest BCUT2D eigenvalue weighted by molar-refractivity contribution is 8.00. The molecule has 10 heteroatoms. The van der Waals surface area contributed by atoms with Crippen LogP contribution in [0.25, 0.3) is 0 Å². The minimum Gasteiger partial charge on any atom is -0.466 e. The van der Waals surface area contributed by atoms with Crippen LogP contribution in [0.5, 0.6) is 0 Å². The molecule has 0 bridgehead atoms. The summed E-state index contributed by atoms with van der Waals surface area (Å²) in [6.45, 7) is 3.73. The van der Waals surface area contributed by atoms with E-state index in [2.05, 4.69) is 11.9 Å². The summed E-state index contributed by atoms with van der Waals surface area (Å²) in [7, 11) is 1.20. The lowest BCUT2D eigenvalue weighted by molar-refractivity contribution is -0.181. The summed E-state index contributed by atoms with van der Waals surface area (Å²) in [6.07, 6.45) is -1.06. The van der Waals surface area contributed by atoms with Gasteiger partial charge >= 0.3 is 11.9 Å². The molecule has 2 aliphatic heterocycles. The van der Waals surface area contributed by atoms with Crippen molar-refractivity contribution in [2.24, 2.45) is 0 Å². The van der Waals surface area contributed by atoms with Crippen LogP contribution >= 0.6 is 11.8 Å². The van der Waals surface area contributed by atoms with Crippen LogP contribution in [-0.4, -0.2) is 69.7 Å². The van der Waals surface area contributed by atoms with Crippen molar-refractivity contribution < 1.29 is 33.8 Å². The second-order valence-electron chi connectivity index (χ2n) is 10.6. The number of carbonyl (C=O) groups is 4. The van der Waals surface area contributed by atoms with E-state index in [0.29, 0.717) is 11.1 Å². The number of carbonyl (C=O) groups excluding carboxylic acids is 4. The molecule has 2 aliphatic rings. The molecule has 9 nitrogen and oxygen atoms in total. The number of aliphatic hydroxyl groups is 1. The Labute approximate surface area is 253 Å². The summed E-state index contributed by atoms with van der Waals surface area (Å²) in [6, 6.07) is 25.1. The lowest BCUT2D eigenvalue weighted by Gasteiger charge is -2.57. The number of hydrogen-bond donors (Lipinski definition) is 2. The lowest BCUT2D eigenvalue weighted by Crippen LogP contribution is -2.79. The minimum atomic E-state index is -1.89. The van der Waals surface area contributed by atoms with E-state index in [-0.39, 0.29) is 30.1 Å². The average Bonchev–Trinajstić information content (AvgIpc) is 3.03. The number of esters is 2. The van der Waals surface area contributed by atoms with Crippen molar-refractivity contribution in [3.63, 3.8) is 0 Å². The van der Waals surface area contributed by atoms with Crippen LogP contribution in [0.3, 0.4) is 0 Å². The maximum Gasteiger partial charge on any atom is 0.333 e. The third-order valence-corrected chi connectivity index (χ3v) is 9.06. The molecule has 2 heterocycles. The number of nitrogens with one attached hydrogen (secondary N) is 1. The zero-order valence-electron chi connectivity index (χ0n) is 23.6. The summed E-state index contributed by atoms with van der Waals surface area (Å²) in [5.41, 5.74) is 0.255. The van der Waals surface area contributed by atoms with Gasteiger partial charge in [-0.3, -0.25) is 9.59 Å². The molecule has 0 aromatic heterocycles. The predicted octanol–water partition coefficient (Wildman–Crippen LogP) is 3.18. The molecule has 0 aliphatic carbocycles.